The Bertz CT molecular complexity index is 1020. The topological polar surface area (TPSA) is 66.5 Å². The predicted molar refractivity (Wildman–Crippen MR) is 119 cm³/mol. The second-order valence-electron chi connectivity index (χ2n) is 6.43. The molecule has 1 atom stereocenters. The molecule has 1 amide bonds. The standard InChI is InChI=1S/C19H20Cl2F2N2O3S2/c1-12(25(30(2,27)28)14-4-6-17(22)18(23)10-14)19(26)24-7-8-29-11-13-3-5-15(20)16(21)9-13/h3-6,9-10,12H,7-8,11H2,1-2H3,(H,24,26). The Morgan fingerprint density at radius 2 is 1.83 bits per heavy atom. The van der Waals surface area contributed by atoms with Crippen molar-refractivity contribution in [3.8, 4) is 0 Å². The van der Waals surface area contributed by atoms with Crippen molar-refractivity contribution in [1.29, 1.82) is 0 Å². The van der Waals surface area contributed by atoms with E-state index in [0.29, 0.717) is 28.1 Å². The lowest BCUT2D eigenvalue weighted by Crippen LogP contribution is -2.48. The molecule has 0 bridgehead atoms. The number of halogens is 4. The van der Waals surface area contributed by atoms with Gasteiger partial charge in [0.1, 0.15) is 6.04 Å². The minimum atomic E-state index is -3.92. The number of benzene rings is 2. The summed E-state index contributed by atoms with van der Waals surface area (Å²) in [5.74, 6) is -1.63. The van der Waals surface area contributed by atoms with Gasteiger partial charge in [-0.1, -0.05) is 29.3 Å². The van der Waals surface area contributed by atoms with Crippen molar-refractivity contribution in [3.63, 3.8) is 0 Å². The van der Waals surface area contributed by atoms with E-state index in [0.717, 1.165) is 34.3 Å². The fourth-order valence-electron chi connectivity index (χ4n) is 2.64. The van der Waals surface area contributed by atoms with Crippen LogP contribution in [0.5, 0.6) is 0 Å². The third-order valence-electron chi connectivity index (χ3n) is 4.04. The summed E-state index contributed by atoms with van der Waals surface area (Å²) in [5.41, 5.74) is 0.851. The first-order chi connectivity index (χ1) is 14.0. The number of nitrogens with zero attached hydrogens (tertiary/aromatic N) is 1. The van der Waals surface area contributed by atoms with E-state index in [1.54, 1.807) is 23.9 Å². The van der Waals surface area contributed by atoms with Crippen LogP contribution < -0.4 is 9.62 Å². The van der Waals surface area contributed by atoms with E-state index in [9.17, 15) is 22.0 Å². The molecule has 1 unspecified atom stereocenters. The van der Waals surface area contributed by atoms with Gasteiger partial charge in [-0.15, -0.1) is 0 Å². The van der Waals surface area contributed by atoms with E-state index in [-0.39, 0.29) is 5.69 Å². The predicted octanol–water partition coefficient (Wildman–Crippen LogP) is 4.48. The molecule has 2 rings (SSSR count). The van der Waals surface area contributed by atoms with Crippen LogP contribution in [0, 0.1) is 11.6 Å². The lowest BCUT2D eigenvalue weighted by Gasteiger charge is -2.28. The molecule has 164 valence electrons. The van der Waals surface area contributed by atoms with Crippen LogP contribution in [0.25, 0.3) is 0 Å². The number of rotatable bonds is 9. The smallest absolute Gasteiger partial charge is 0.243 e. The maximum absolute atomic E-state index is 13.6. The molecule has 0 aliphatic carbocycles. The zero-order valence-corrected chi connectivity index (χ0v) is 19.3. The highest BCUT2D eigenvalue weighted by Gasteiger charge is 2.29. The first-order valence-corrected chi connectivity index (χ1v) is 12.5. The number of amides is 1. The molecule has 0 saturated heterocycles. The molecule has 5 nitrogen and oxygen atoms in total. The van der Waals surface area contributed by atoms with Crippen molar-refractivity contribution in [2.24, 2.45) is 0 Å². The van der Waals surface area contributed by atoms with Gasteiger partial charge >= 0.3 is 0 Å². The quantitative estimate of drug-likeness (QED) is 0.519. The minimum absolute atomic E-state index is 0.131. The highest BCUT2D eigenvalue weighted by molar-refractivity contribution is 7.98. The second kappa shape index (κ2) is 10.7. The largest absolute Gasteiger partial charge is 0.353 e. The van der Waals surface area contributed by atoms with E-state index in [4.69, 9.17) is 23.2 Å². The maximum Gasteiger partial charge on any atom is 0.243 e. The summed E-state index contributed by atoms with van der Waals surface area (Å²) in [6.45, 7) is 1.67. The van der Waals surface area contributed by atoms with Gasteiger partial charge in [0.2, 0.25) is 15.9 Å². The van der Waals surface area contributed by atoms with Crippen LogP contribution in [-0.2, 0) is 20.6 Å². The fraction of sp³-hybridized carbons (Fsp3) is 0.316. The first kappa shape index (κ1) is 24.7. The van der Waals surface area contributed by atoms with Crippen LogP contribution in [0.4, 0.5) is 14.5 Å². The Morgan fingerprint density at radius 1 is 1.13 bits per heavy atom. The normalized spacial score (nSPS) is 12.5. The van der Waals surface area contributed by atoms with Crippen molar-refractivity contribution in [2.45, 2.75) is 18.7 Å². The summed E-state index contributed by atoms with van der Waals surface area (Å²) in [6, 6.07) is 6.85. The SMILES string of the molecule is CC(C(=O)NCCSCc1ccc(Cl)c(Cl)c1)N(c1ccc(F)c(F)c1)S(C)(=O)=O. The zero-order valence-electron chi connectivity index (χ0n) is 16.2. The number of thioether (sulfide) groups is 1. The van der Waals surface area contributed by atoms with Gasteiger partial charge in [0, 0.05) is 24.1 Å². The average molecular weight is 497 g/mol. The summed E-state index contributed by atoms with van der Waals surface area (Å²) >= 11 is 13.4. The molecule has 2 aromatic rings. The molecule has 0 radical (unpaired) electrons. The molecule has 0 heterocycles. The monoisotopic (exact) mass is 496 g/mol. The van der Waals surface area contributed by atoms with Gasteiger partial charge in [-0.05, 0) is 36.8 Å². The summed E-state index contributed by atoms with van der Waals surface area (Å²) in [5, 5.41) is 3.60. The van der Waals surface area contributed by atoms with Crippen LogP contribution in [0.15, 0.2) is 36.4 Å². The van der Waals surface area contributed by atoms with Gasteiger partial charge < -0.3 is 5.32 Å². The molecule has 30 heavy (non-hydrogen) atoms. The number of hydrogen-bond donors (Lipinski definition) is 1. The van der Waals surface area contributed by atoms with Crippen molar-refractivity contribution in [1.82, 2.24) is 5.32 Å². The molecule has 2 aromatic carbocycles. The molecular formula is C19H20Cl2F2N2O3S2. The van der Waals surface area contributed by atoms with E-state index in [1.165, 1.54) is 6.92 Å². The Balaban J connectivity index is 1.93. The molecule has 0 fully saturated rings. The van der Waals surface area contributed by atoms with E-state index in [2.05, 4.69) is 5.32 Å². The lowest BCUT2D eigenvalue weighted by atomic mass is 10.2. The molecule has 11 heteroatoms. The van der Waals surface area contributed by atoms with E-state index in [1.807, 2.05) is 6.07 Å². The van der Waals surface area contributed by atoms with Crippen LogP contribution in [-0.4, -0.2) is 38.9 Å². The average Bonchev–Trinajstić information content (AvgIpc) is 2.66. The van der Waals surface area contributed by atoms with Gasteiger partial charge in [-0.2, -0.15) is 11.8 Å². The number of nitrogens with one attached hydrogen (secondary N) is 1. The lowest BCUT2D eigenvalue weighted by molar-refractivity contribution is -0.121. The maximum atomic E-state index is 13.6. The summed E-state index contributed by atoms with van der Waals surface area (Å²) in [4.78, 5) is 12.4. The molecular weight excluding hydrogens is 477 g/mol. The number of anilines is 1. The van der Waals surface area contributed by atoms with Gasteiger partial charge in [0.15, 0.2) is 11.6 Å². The van der Waals surface area contributed by atoms with Crippen molar-refractivity contribution in [3.05, 3.63) is 63.6 Å². The van der Waals surface area contributed by atoms with Gasteiger partial charge in [0.25, 0.3) is 0 Å². The Hall–Kier alpha value is -1.55. The molecule has 0 aromatic heterocycles. The number of carbonyl (C=O) groups is 1. The molecule has 0 saturated carbocycles. The Morgan fingerprint density at radius 3 is 2.43 bits per heavy atom. The van der Waals surface area contributed by atoms with Crippen LogP contribution >= 0.6 is 35.0 Å². The highest BCUT2D eigenvalue weighted by Crippen LogP contribution is 2.25. The zero-order chi connectivity index (χ0) is 22.5. The second-order valence-corrected chi connectivity index (χ2v) is 10.2. The summed E-state index contributed by atoms with van der Waals surface area (Å²) < 4.78 is 51.8. The number of carbonyl (C=O) groups excluding carboxylic acids is 1. The van der Waals surface area contributed by atoms with E-state index < -0.39 is 33.6 Å². The van der Waals surface area contributed by atoms with E-state index >= 15 is 0 Å². The third-order valence-corrected chi connectivity index (χ3v) is 7.06. The van der Waals surface area contributed by atoms with Gasteiger partial charge in [0.05, 0.1) is 22.0 Å². The Labute approximate surface area is 188 Å². The molecule has 0 spiro atoms. The molecule has 0 aliphatic heterocycles. The van der Waals surface area contributed by atoms with Crippen molar-refractivity contribution < 1.29 is 22.0 Å². The highest BCUT2D eigenvalue weighted by atomic mass is 35.5. The van der Waals surface area contributed by atoms with Gasteiger partial charge in [-0.25, -0.2) is 17.2 Å². The molecule has 0 aliphatic rings. The Kier molecular flexibility index (Phi) is 8.78. The first-order valence-electron chi connectivity index (χ1n) is 8.74. The van der Waals surface area contributed by atoms with Crippen LogP contribution in [0.2, 0.25) is 10.0 Å². The van der Waals surface area contributed by atoms with Gasteiger partial charge in [-0.3, -0.25) is 9.10 Å². The number of sulfonamides is 1. The van der Waals surface area contributed by atoms with Crippen LogP contribution in [0.3, 0.4) is 0 Å². The summed E-state index contributed by atoms with van der Waals surface area (Å²) in [6.07, 6.45) is 0.894. The van der Waals surface area contributed by atoms with Crippen LogP contribution in [0.1, 0.15) is 12.5 Å². The van der Waals surface area contributed by atoms with Crippen molar-refractivity contribution in [2.75, 3.05) is 22.9 Å². The fourth-order valence-corrected chi connectivity index (χ4v) is 4.94. The molecule has 1 N–H and O–H groups in total. The minimum Gasteiger partial charge on any atom is -0.353 e. The third kappa shape index (κ3) is 6.73. The van der Waals surface area contributed by atoms with Crippen molar-refractivity contribution >= 4 is 56.6 Å². The summed E-state index contributed by atoms with van der Waals surface area (Å²) in [7, 11) is -3.92. The number of hydrogen-bond acceptors (Lipinski definition) is 4.